The van der Waals surface area contributed by atoms with Crippen molar-refractivity contribution in [1.82, 2.24) is 16.0 Å². The molecule has 43 heavy (non-hydrogen) atoms. The van der Waals surface area contributed by atoms with Crippen LogP contribution in [0.2, 0.25) is 0 Å². The van der Waals surface area contributed by atoms with Crippen molar-refractivity contribution in [2.75, 3.05) is 19.8 Å². The standard InChI is InChI=1S/C24H41N3O16/c1-7(30)25-13-19(36)16(33)10(4-28)41-23(13)39-6-12-18(35)21(15(22(38)40-12)27-9(3)32)43-24-14(26-8(2)31)20(37)17(34)11(5-29)42-24/h10-24,28-29,33-38H,4-6H2,1-3H3,(H,25,30)(H,26,31)(H,27,32)/t10-,11-,12-,13-,14-,15-,16-,17-,18+,19-,20-,21-,22+,23-,24+/m1/s1. The van der Waals surface area contributed by atoms with Gasteiger partial charge in [0.2, 0.25) is 17.7 Å². The second-order valence-corrected chi connectivity index (χ2v) is 10.6. The van der Waals surface area contributed by atoms with Gasteiger partial charge in [0, 0.05) is 20.8 Å². The van der Waals surface area contributed by atoms with Crippen LogP contribution >= 0.6 is 0 Å². The molecule has 3 rings (SSSR count). The number of carbonyl (C=O) groups is 3. The molecule has 0 unspecified atom stereocenters. The molecule has 3 aliphatic rings. The third-order valence-electron chi connectivity index (χ3n) is 7.28. The highest BCUT2D eigenvalue weighted by molar-refractivity contribution is 5.74. The van der Waals surface area contributed by atoms with Gasteiger partial charge < -0.3 is 80.5 Å². The molecule has 0 aromatic carbocycles. The van der Waals surface area contributed by atoms with E-state index in [2.05, 4.69) is 16.0 Å². The molecule has 0 aromatic heterocycles. The van der Waals surface area contributed by atoms with Crippen LogP contribution in [-0.2, 0) is 38.1 Å². The van der Waals surface area contributed by atoms with Crippen LogP contribution in [0.4, 0.5) is 0 Å². The summed E-state index contributed by atoms with van der Waals surface area (Å²) in [7, 11) is 0. The minimum Gasteiger partial charge on any atom is -0.394 e. The maximum Gasteiger partial charge on any atom is 0.217 e. The molecule has 0 radical (unpaired) electrons. The summed E-state index contributed by atoms with van der Waals surface area (Å²) in [5, 5.41) is 89.8. The van der Waals surface area contributed by atoms with E-state index in [9.17, 15) is 55.2 Å². The first-order chi connectivity index (χ1) is 20.2. The minimum atomic E-state index is -1.84. The van der Waals surface area contributed by atoms with Gasteiger partial charge in [-0.1, -0.05) is 0 Å². The van der Waals surface area contributed by atoms with Crippen LogP contribution < -0.4 is 16.0 Å². The third kappa shape index (κ3) is 8.34. The van der Waals surface area contributed by atoms with Crippen molar-refractivity contribution < 1.29 is 78.9 Å². The molecule has 3 amide bonds. The van der Waals surface area contributed by atoms with Gasteiger partial charge in [0.25, 0.3) is 0 Å². The van der Waals surface area contributed by atoms with E-state index in [0.717, 1.165) is 20.8 Å². The zero-order valence-electron chi connectivity index (χ0n) is 23.6. The van der Waals surface area contributed by atoms with E-state index in [0.29, 0.717) is 0 Å². The van der Waals surface area contributed by atoms with E-state index >= 15 is 0 Å². The summed E-state index contributed by atoms with van der Waals surface area (Å²) in [6, 6.07) is -4.19. The van der Waals surface area contributed by atoms with Crippen molar-refractivity contribution in [3.63, 3.8) is 0 Å². The van der Waals surface area contributed by atoms with Crippen molar-refractivity contribution in [2.24, 2.45) is 0 Å². The van der Waals surface area contributed by atoms with Crippen LogP contribution in [0, 0.1) is 0 Å². The molecule has 0 bridgehead atoms. The molecule has 19 nitrogen and oxygen atoms in total. The van der Waals surface area contributed by atoms with Crippen molar-refractivity contribution in [3.8, 4) is 0 Å². The lowest BCUT2D eigenvalue weighted by Crippen LogP contribution is -2.69. The number of amides is 3. The number of carbonyl (C=O) groups excluding carboxylic acids is 3. The number of aliphatic hydroxyl groups excluding tert-OH is 8. The van der Waals surface area contributed by atoms with E-state index in [1.807, 2.05) is 0 Å². The van der Waals surface area contributed by atoms with Crippen molar-refractivity contribution >= 4 is 17.7 Å². The number of rotatable bonds is 10. The van der Waals surface area contributed by atoms with Crippen LogP contribution in [0.25, 0.3) is 0 Å². The maximum atomic E-state index is 11.9. The molecule has 15 atom stereocenters. The predicted molar refractivity (Wildman–Crippen MR) is 136 cm³/mol. The zero-order chi connectivity index (χ0) is 32.2. The molecular weight excluding hydrogens is 586 g/mol. The average molecular weight is 628 g/mol. The molecule has 0 spiro atoms. The van der Waals surface area contributed by atoms with Gasteiger partial charge in [-0.3, -0.25) is 14.4 Å². The van der Waals surface area contributed by atoms with Gasteiger partial charge in [-0.25, -0.2) is 0 Å². The second-order valence-electron chi connectivity index (χ2n) is 10.6. The van der Waals surface area contributed by atoms with Crippen molar-refractivity contribution in [1.29, 1.82) is 0 Å². The van der Waals surface area contributed by atoms with Crippen LogP contribution in [0.15, 0.2) is 0 Å². The summed E-state index contributed by atoms with van der Waals surface area (Å²) in [6.07, 6.45) is -18.9. The van der Waals surface area contributed by atoms with Gasteiger partial charge in [-0.15, -0.1) is 0 Å². The van der Waals surface area contributed by atoms with E-state index < -0.39 is 129 Å². The van der Waals surface area contributed by atoms with E-state index in [1.165, 1.54) is 0 Å². The van der Waals surface area contributed by atoms with Gasteiger partial charge in [0.05, 0.1) is 19.8 Å². The summed E-state index contributed by atoms with van der Waals surface area (Å²) < 4.78 is 28.0. The Morgan fingerprint density at radius 2 is 1.05 bits per heavy atom. The molecule has 0 saturated carbocycles. The Morgan fingerprint density at radius 3 is 1.51 bits per heavy atom. The topological polar surface area (TPSA) is 295 Å². The second kappa shape index (κ2) is 15.3. The lowest BCUT2D eigenvalue weighted by molar-refractivity contribution is -0.331. The fourth-order valence-corrected chi connectivity index (χ4v) is 5.17. The van der Waals surface area contributed by atoms with Gasteiger partial charge in [0.15, 0.2) is 18.9 Å². The van der Waals surface area contributed by atoms with E-state index in [-0.39, 0.29) is 0 Å². The predicted octanol–water partition coefficient (Wildman–Crippen LogP) is -7.14. The molecule has 3 fully saturated rings. The largest absolute Gasteiger partial charge is 0.394 e. The lowest BCUT2D eigenvalue weighted by atomic mass is 9.94. The van der Waals surface area contributed by atoms with Crippen LogP contribution in [0.1, 0.15) is 20.8 Å². The smallest absolute Gasteiger partial charge is 0.217 e. The Kier molecular flexibility index (Phi) is 12.5. The van der Waals surface area contributed by atoms with Gasteiger partial charge in [-0.2, -0.15) is 0 Å². The highest BCUT2D eigenvalue weighted by Crippen LogP contribution is 2.30. The lowest BCUT2D eigenvalue weighted by Gasteiger charge is -2.48. The molecule has 3 heterocycles. The molecule has 19 heteroatoms. The van der Waals surface area contributed by atoms with Crippen LogP contribution in [0.5, 0.6) is 0 Å². The fourth-order valence-electron chi connectivity index (χ4n) is 5.17. The number of aliphatic hydroxyl groups is 8. The number of nitrogens with one attached hydrogen (secondary N) is 3. The van der Waals surface area contributed by atoms with E-state index in [4.69, 9.17) is 23.7 Å². The highest BCUT2D eigenvalue weighted by Gasteiger charge is 2.52. The fraction of sp³-hybridized carbons (Fsp3) is 0.875. The molecule has 3 aliphatic heterocycles. The first-order valence-electron chi connectivity index (χ1n) is 13.5. The quantitative estimate of drug-likeness (QED) is 0.107. The highest BCUT2D eigenvalue weighted by atomic mass is 16.7. The number of hydrogen-bond acceptors (Lipinski definition) is 16. The summed E-state index contributed by atoms with van der Waals surface area (Å²) in [5.74, 6) is -1.92. The number of ether oxygens (including phenoxy) is 5. The normalized spacial score (nSPS) is 43.5. The van der Waals surface area contributed by atoms with Gasteiger partial charge in [0.1, 0.15) is 73.1 Å². The van der Waals surface area contributed by atoms with Crippen LogP contribution in [0.3, 0.4) is 0 Å². The molecular formula is C24H41N3O16. The van der Waals surface area contributed by atoms with Gasteiger partial charge in [-0.05, 0) is 0 Å². The average Bonchev–Trinajstić information content (AvgIpc) is 2.93. The third-order valence-corrected chi connectivity index (χ3v) is 7.28. The van der Waals surface area contributed by atoms with Crippen molar-refractivity contribution in [3.05, 3.63) is 0 Å². The first kappa shape index (κ1) is 35.4. The molecule has 11 N–H and O–H groups in total. The summed E-state index contributed by atoms with van der Waals surface area (Å²) in [5.41, 5.74) is 0. The zero-order valence-corrected chi connectivity index (χ0v) is 23.6. The van der Waals surface area contributed by atoms with Crippen molar-refractivity contribution in [2.45, 2.75) is 113 Å². The van der Waals surface area contributed by atoms with E-state index in [1.54, 1.807) is 0 Å². The maximum absolute atomic E-state index is 11.9. The Balaban J connectivity index is 1.84. The minimum absolute atomic E-state index is 0.603. The molecule has 3 saturated heterocycles. The monoisotopic (exact) mass is 627 g/mol. The van der Waals surface area contributed by atoms with Crippen LogP contribution in [-0.4, -0.2) is 170 Å². The molecule has 0 aromatic rings. The number of hydrogen-bond donors (Lipinski definition) is 11. The summed E-state index contributed by atoms with van der Waals surface area (Å²) in [4.78, 5) is 35.4. The Hall–Kier alpha value is -2.11. The molecule has 248 valence electrons. The Labute approximate surface area is 245 Å². The summed E-state index contributed by atoms with van der Waals surface area (Å²) in [6.45, 7) is 1.29. The Morgan fingerprint density at radius 1 is 0.605 bits per heavy atom. The van der Waals surface area contributed by atoms with Gasteiger partial charge >= 0.3 is 0 Å². The summed E-state index contributed by atoms with van der Waals surface area (Å²) >= 11 is 0. The Bertz CT molecular complexity index is 962. The molecule has 0 aliphatic carbocycles. The first-order valence-corrected chi connectivity index (χ1v) is 13.5. The SMILES string of the molecule is CC(=O)N[C@@H]1[C@@H](O[C@@H]2O[C@H](CO)[C@@H](O)[C@H](O)[C@H]2NC(C)=O)[C@@H](O)[C@@H](CO[C@@H]2O[C@H](CO)[C@@H](O)[C@H](O)[C@H]2NC(C)=O)O[C@@H]1O.